The minimum absolute atomic E-state index is 0.264. The average Bonchev–Trinajstić information content (AvgIpc) is 2.52. The molecule has 1 unspecified atom stereocenters. The highest BCUT2D eigenvalue weighted by molar-refractivity contribution is 5.28. The van der Waals surface area contributed by atoms with Gasteiger partial charge in [-0.25, -0.2) is 0 Å². The largest absolute Gasteiger partial charge is 0.495 e. The normalized spacial score (nSPS) is 12.1. The van der Waals surface area contributed by atoms with Crippen LogP contribution >= 0.6 is 0 Å². The molecule has 0 aliphatic carbocycles. The summed E-state index contributed by atoms with van der Waals surface area (Å²) in [6, 6.07) is 12.9. The maximum absolute atomic E-state index is 5.27. The number of hydrogen-bond donors (Lipinski definition) is 1. The molecule has 0 aliphatic heterocycles. The van der Waals surface area contributed by atoms with E-state index in [2.05, 4.69) is 47.6 Å². The lowest BCUT2D eigenvalue weighted by atomic mass is 10.00. The van der Waals surface area contributed by atoms with E-state index >= 15 is 0 Å². The summed E-state index contributed by atoms with van der Waals surface area (Å²) in [6.07, 6.45) is 5.72. The van der Waals surface area contributed by atoms with Crippen molar-refractivity contribution in [3.63, 3.8) is 0 Å². The lowest BCUT2D eigenvalue weighted by Gasteiger charge is -2.19. The van der Waals surface area contributed by atoms with Gasteiger partial charge in [0.25, 0.3) is 0 Å². The molecule has 0 saturated carbocycles. The predicted molar refractivity (Wildman–Crippen MR) is 82.0 cm³/mol. The van der Waals surface area contributed by atoms with Crippen molar-refractivity contribution in [3.05, 3.63) is 59.9 Å². The third-order valence-electron chi connectivity index (χ3n) is 3.30. The Bertz CT molecular complexity index is 513. The smallest absolute Gasteiger partial charge is 0.137 e. The number of rotatable bonds is 7. The Morgan fingerprint density at radius 1 is 1.20 bits per heavy atom. The Morgan fingerprint density at radius 3 is 2.70 bits per heavy atom. The van der Waals surface area contributed by atoms with Crippen LogP contribution in [0.1, 0.15) is 30.5 Å². The molecule has 0 aliphatic rings. The Balaban J connectivity index is 2.17. The fraction of sp³-hybridized carbons (Fsp3) is 0.353. The van der Waals surface area contributed by atoms with Crippen LogP contribution in [-0.2, 0) is 6.42 Å². The summed E-state index contributed by atoms with van der Waals surface area (Å²) in [6.45, 7) is 3.17. The minimum Gasteiger partial charge on any atom is -0.495 e. The molecule has 20 heavy (non-hydrogen) atoms. The van der Waals surface area contributed by atoms with Crippen molar-refractivity contribution in [2.75, 3.05) is 13.7 Å². The zero-order valence-corrected chi connectivity index (χ0v) is 12.2. The van der Waals surface area contributed by atoms with Crippen LogP contribution in [0, 0.1) is 0 Å². The summed E-state index contributed by atoms with van der Waals surface area (Å²) in [5.41, 5.74) is 2.49. The maximum atomic E-state index is 5.27. The number of methoxy groups -OCH3 is 1. The van der Waals surface area contributed by atoms with Gasteiger partial charge in [-0.1, -0.05) is 37.3 Å². The molecule has 0 fully saturated rings. The second-order valence-corrected chi connectivity index (χ2v) is 4.85. The number of nitrogens with zero attached hydrogens (tertiary/aromatic N) is 1. The van der Waals surface area contributed by atoms with Crippen LogP contribution in [0.5, 0.6) is 5.75 Å². The van der Waals surface area contributed by atoms with Crippen molar-refractivity contribution in [1.82, 2.24) is 10.3 Å². The van der Waals surface area contributed by atoms with Crippen molar-refractivity contribution in [3.8, 4) is 5.75 Å². The predicted octanol–water partition coefficient (Wildman–Crippen LogP) is 3.37. The van der Waals surface area contributed by atoms with Crippen LogP contribution in [0.25, 0.3) is 0 Å². The topological polar surface area (TPSA) is 34.2 Å². The van der Waals surface area contributed by atoms with E-state index in [9.17, 15) is 0 Å². The fourth-order valence-electron chi connectivity index (χ4n) is 2.21. The van der Waals surface area contributed by atoms with Gasteiger partial charge in [-0.15, -0.1) is 0 Å². The first-order valence-electron chi connectivity index (χ1n) is 7.09. The zero-order chi connectivity index (χ0) is 14.2. The Hall–Kier alpha value is -1.87. The minimum atomic E-state index is 0.264. The van der Waals surface area contributed by atoms with Crippen molar-refractivity contribution in [1.29, 1.82) is 0 Å². The molecule has 2 aromatic rings. The zero-order valence-electron chi connectivity index (χ0n) is 12.2. The summed E-state index contributed by atoms with van der Waals surface area (Å²) < 4.78 is 5.27. The third kappa shape index (κ3) is 4.07. The van der Waals surface area contributed by atoms with Gasteiger partial charge in [0, 0.05) is 12.2 Å². The summed E-state index contributed by atoms with van der Waals surface area (Å²) in [7, 11) is 1.67. The van der Waals surface area contributed by atoms with Crippen LogP contribution in [0.2, 0.25) is 0 Å². The first kappa shape index (κ1) is 14.5. The van der Waals surface area contributed by atoms with Gasteiger partial charge in [-0.3, -0.25) is 4.98 Å². The third-order valence-corrected chi connectivity index (χ3v) is 3.30. The van der Waals surface area contributed by atoms with Gasteiger partial charge < -0.3 is 10.1 Å². The van der Waals surface area contributed by atoms with E-state index in [4.69, 9.17) is 4.74 Å². The van der Waals surface area contributed by atoms with Gasteiger partial charge in [0.1, 0.15) is 5.75 Å². The summed E-state index contributed by atoms with van der Waals surface area (Å²) in [4.78, 5) is 4.26. The second kappa shape index (κ2) is 7.65. The Morgan fingerprint density at radius 2 is 2.00 bits per heavy atom. The molecule has 3 heteroatoms. The summed E-state index contributed by atoms with van der Waals surface area (Å²) in [5.74, 6) is 0.805. The molecule has 1 heterocycles. The number of aromatic nitrogens is 1. The summed E-state index contributed by atoms with van der Waals surface area (Å²) in [5, 5.41) is 3.59. The van der Waals surface area contributed by atoms with E-state index < -0.39 is 0 Å². The van der Waals surface area contributed by atoms with Gasteiger partial charge in [0.15, 0.2) is 0 Å². The molecule has 0 saturated heterocycles. The highest BCUT2D eigenvalue weighted by atomic mass is 16.5. The fourth-order valence-corrected chi connectivity index (χ4v) is 2.21. The average molecular weight is 270 g/mol. The molecule has 1 aromatic carbocycles. The number of ether oxygens (including phenoxy) is 1. The van der Waals surface area contributed by atoms with E-state index in [0.29, 0.717) is 0 Å². The highest BCUT2D eigenvalue weighted by Crippen LogP contribution is 2.21. The van der Waals surface area contributed by atoms with Crippen molar-refractivity contribution < 1.29 is 4.74 Å². The molecule has 2 rings (SSSR count). The van der Waals surface area contributed by atoms with Crippen LogP contribution in [0.3, 0.4) is 0 Å². The van der Waals surface area contributed by atoms with Crippen molar-refractivity contribution >= 4 is 0 Å². The highest BCUT2D eigenvalue weighted by Gasteiger charge is 2.12. The van der Waals surface area contributed by atoms with Gasteiger partial charge in [-0.2, -0.15) is 0 Å². The monoisotopic (exact) mass is 270 g/mol. The molecule has 106 valence electrons. The molecule has 3 nitrogen and oxygen atoms in total. The van der Waals surface area contributed by atoms with Gasteiger partial charge in [0.05, 0.1) is 13.3 Å². The lowest BCUT2D eigenvalue weighted by molar-refractivity contribution is 0.410. The van der Waals surface area contributed by atoms with Gasteiger partial charge >= 0.3 is 0 Å². The van der Waals surface area contributed by atoms with E-state index in [1.807, 2.05) is 12.3 Å². The van der Waals surface area contributed by atoms with Gasteiger partial charge in [-0.05, 0) is 36.6 Å². The number of hydrogen-bond acceptors (Lipinski definition) is 3. The Kier molecular flexibility index (Phi) is 5.56. The second-order valence-electron chi connectivity index (χ2n) is 4.85. The van der Waals surface area contributed by atoms with Crippen molar-refractivity contribution in [2.24, 2.45) is 0 Å². The molecule has 0 spiro atoms. The maximum Gasteiger partial charge on any atom is 0.137 e. The molecular weight excluding hydrogens is 248 g/mol. The summed E-state index contributed by atoms with van der Waals surface area (Å²) >= 11 is 0. The molecule has 0 amide bonds. The van der Waals surface area contributed by atoms with Crippen LogP contribution < -0.4 is 10.1 Å². The molecule has 1 N–H and O–H groups in total. The molecule has 1 atom stereocenters. The van der Waals surface area contributed by atoms with Crippen molar-refractivity contribution in [2.45, 2.75) is 25.8 Å². The standard InChI is InChI=1S/C17H22N2O/c1-3-9-19-17(10-14-7-5-4-6-8-14)15-11-16(20-2)13-18-12-15/h4-8,11-13,17,19H,3,9-10H2,1-2H3. The van der Waals surface area contributed by atoms with Crippen LogP contribution in [0.15, 0.2) is 48.8 Å². The van der Waals surface area contributed by atoms with Crippen LogP contribution in [0.4, 0.5) is 0 Å². The first-order chi connectivity index (χ1) is 9.83. The SMILES string of the molecule is CCCNC(Cc1ccccc1)c1cncc(OC)c1. The molecule has 0 radical (unpaired) electrons. The van der Waals surface area contributed by atoms with Gasteiger partial charge in [0.2, 0.25) is 0 Å². The van der Waals surface area contributed by atoms with E-state index in [1.165, 1.54) is 11.1 Å². The van der Waals surface area contributed by atoms with Crippen LogP contribution in [-0.4, -0.2) is 18.6 Å². The van der Waals surface area contributed by atoms with E-state index in [0.717, 1.165) is 25.1 Å². The first-order valence-corrected chi connectivity index (χ1v) is 7.09. The number of benzene rings is 1. The Labute approximate surface area is 121 Å². The van der Waals surface area contributed by atoms with E-state index in [1.54, 1.807) is 13.3 Å². The molecule has 1 aromatic heterocycles. The van der Waals surface area contributed by atoms with E-state index in [-0.39, 0.29) is 6.04 Å². The molecule has 0 bridgehead atoms. The lowest BCUT2D eigenvalue weighted by Crippen LogP contribution is -2.24. The molecular formula is C17H22N2O. The number of nitrogens with one attached hydrogen (secondary N) is 1. The quantitative estimate of drug-likeness (QED) is 0.837. The number of pyridine rings is 1.